The molecule has 160 valence electrons. The van der Waals surface area contributed by atoms with Gasteiger partial charge in [0, 0.05) is 36.8 Å². The molecule has 0 spiro atoms. The fraction of sp³-hybridized carbons (Fsp3) is 0.318. The van der Waals surface area contributed by atoms with Crippen LogP contribution in [0, 0.1) is 0 Å². The molecule has 30 heavy (non-hydrogen) atoms. The molecule has 3 rings (SSSR count). The third-order valence-electron chi connectivity index (χ3n) is 4.70. The summed E-state index contributed by atoms with van der Waals surface area (Å²) in [5.74, 6) is -3.56. The maximum Gasteiger partial charge on any atom is 0.414 e. The first-order chi connectivity index (χ1) is 14.4. The second-order valence-electron chi connectivity index (χ2n) is 6.84. The van der Waals surface area contributed by atoms with E-state index >= 15 is 0 Å². The Bertz CT molecular complexity index is 840. The summed E-state index contributed by atoms with van der Waals surface area (Å²) in [5.41, 5.74) is 2.08. The number of hydrogen-bond donors (Lipinski definition) is 2. The predicted octanol–water partition coefficient (Wildman–Crippen LogP) is 2.89. The number of amides is 1. The molecule has 0 aromatic heterocycles. The minimum atomic E-state index is -1.82. The number of carboxylic acids is 2. The normalized spacial score (nSPS) is 13.8. The number of hydrogen-bond acceptors (Lipinski definition) is 4. The molecule has 8 heteroatoms. The highest BCUT2D eigenvalue weighted by molar-refractivity contribution is 6.31. The van der Waals surface area contributed by atoms with E-state index in [2.05, 4.69) is 35.2 Å². The minimum absolute atomic E-state index is 0.0847. The van der Waals surface area contributed by atoms with Gasteiger partial charge in [0.05, 0.1) is 0 Å². The van der Waals surface area contributed by atoms with Crippen molar-refractivity contribution in [1.29, 1.82) is 0 Å². The third kappa shape index (κ3) is 7.85. The van der Waals surface area contributed by atoms with Gasteiger partial charge in [0.15, 0.2) is 0 Å². The van der Waals surface area contributed by atoms with E-state index in [0.717, 1.165) is 45.6 Å². The van der Waals surface area contributed by atoms with Gasteiger partial charge < -0.3 is 15.1 Å². The van der Waals surface area contributed by atoms with E-state index in [9.17, 15) is 4.79 Å². The molecule has 0 unspecified atom stereocenters. The lowest BCUT2D eigenvalue weighted by Gasteiger charge is -2.34. The Kier molecular flexibility index (Phi) is 9.31. The van der Waals surface area contributed by atoms with Gasteiger partial charge >= 0.3 is 11.9 Å². The van der Waals surface area contributed by atoms with Crippen molar-refractivity contribution in [3.8, 4) is 0 Å². The number of halogens is 1. The lowest BCUT2D eigenvalue weighted by molar-refractivity contribution is -0.159. The maximum absolute atomic E-state index is 12.5. The second kappa shape index (κ2) is 11.9. The van der Waals surface area contributed by atoms with Gasteiger partial charge in [-0.05, 0) is 43.1 Å². The number of carbonyl (C=O) groups is 3. The molecule has 1 aliphatic rings. The molecule has 0 aliphatic carbocycles. The first-order valence-electron chi connectivity index (χ1n) is 9.64. The molecular weight excluding hydrogens is 408 g/mol. The van der Waals surface area contributed by atoms with Crippen molar-refractivity contribution in [3.63, 3.8) is 0 Å². The second-order valence-corrected chi connectivity index (χ2v) is 7.28. The third-order valence-corrected chi connectivity index (χ3v) is 4.93. The number of aliphatic carboxylic acids is 2. The van der Waals surface area contributed by atoms with Gasteiger partial charge in [-0.1, -0.05) is 48.0 Å². The number of rotatable bonds is 5. The molecule has 2 aromatic rings. The van der Waals surface area contributed by atoms with Crippen LogP contribution >= 0.6 is 11.6 Å². The number of nitrogens with zero attached hydrogens (tertiary/aromatic N) is 2. The van der Waals surface area contributed by atoms with Gasteiger partial charge in [-0.25, -0.2) is 9.59 Å². The van der Waals surface area contributed by atoms with Crippen LogP contribution in [-0.4, -0.2) is 70.6 Å². The van der Waals surface area contributed by atoms with E-state index < -0.39 is 11.9 Å². The summed E-state index contributed by atoms with van der Waals surface area (Å²) in [6, 6.07) is 17.8. The smallest absolute Gasteiger partial charge is 0.414 e. The Morgan fingerprint density at radius 2 is 1.50 bits per heavy atom. The molecular formula is C22H25ClN2O5. The Morgan fingerprint density at radius 1 is 0.867 bits per heavy atom. The Balaban J connectivity index is 0.000000469. The van der Waals surface area contributed by atoms with E-state index in [4.69, 9.17) is 31.4 Å². The van der Waals surface area contributed by atoms with E-state index in [1.807, 2.05) is 17.0 Å². The van der Waals surface area contributed by atoms with Crippen LogP contribution in [0.2, 0.25) is 5.02 Å². The van der Waals surface area contributed by atoms with Crippen LogP contribution in [0.1, 0.15) is 22.3 Å². The van der Waals surface area contributed by atoms with Gasteiger partial charge in [0.1, 0.15) is 0 Å². The number of benzene rings is 2. The standard InChI is InChI=1S/C20H23ClN2O.C2H2O4/c21-19-10-4-9-18(16-19)20(24)23-14-12-22(13-15-23)11-5-8-17-6-2-1-3-7-17;3-1(4)2(5)6/h1-4,6-7,9-10,16H,5,8,11-15H2;(H,3,4)(H,5,6). The highest BCUT2D eigenvalue weighted by atomic mass is 35.5. The fourth-order valence-electron chi connectivity index (χ4n) is 3.13. The highest BCUT2D eigenvalue weighted by Crippen LogP contribution is 2.14. The van der Waals surface area contributed by atoms with Crippen molar-refractivity contribution in [2.75, 3.05) is 32.7 Å². The largest absolute Gasteiger partial charge is 0.473 e. The highest BCUT2D eigenvalue weighted by Gasteiger charge is 2.21. The van der Waals surface area contributed by atoms with Gasteiger partial charge in [-0.2, -0.15) is 0 Å². The monoisotopic (exact) mass is 432 g/mol. The van der Waals surface area contributed by atoms with Crippen LogP contribution in [-0.2, 0) is 16.0 Å². The molecule has 1 heterocycles. The summed E-state index contributed by atoms with van der Waals surface area (Å²) in [5, 5.41) is 15.4. The molecule has 1 aliphatic heterocycles. The van der Waals surface area contributed by atoms with Crippen molar-refractivity contribution in [1.82, 2.24) is 9.80 Å². The van der Waals surface area contributed by atoms with Crippen molar-refractivity contribution in [2.24, 2.45) is 0 Å². The molecule has 2 N–H and O–H groups in total. The van der Waals surface area contributed by atoms with Crippen LogP contribution in [0.15, 0.2) is 54.6 Å². The van der Waals surface area contributed by atoms with E-state index in [1.54, 1.807) is 12.1 Å². The van der Waals surface area contributed by atoms with E-state index in [1.165, 1.54) is 5.56 Å². The van der Waals surface area contributed by atoms with Gasteiger partial charge in [-0.3, -0.25) is 9.69 Å². The average molecular weight is 433 g/mol. The van der Waals surface area contributed by atoms with E-state index in [-0.39, 0.29) is 5.91 Å². The Labute approximate surface area is 180 Å². The van der Waals surface area contributed by atoms with Gasteiger partial charge in [0.25, 0.3) is 5.91 Å². The Hall–Kier alpha value is -2.90. The lowest BCUT2D eigenvalue weighted by Crippen LogP contribution is -2.48. The molecule has 1 amide bonds. The summed E-state index contributed by atoms with van der Waals surface area (Å²) in [7, 11) is 0. The zero-order chi connectivity index (χ0) is 21.9. The summed E-state index contributed by atoms with van der Waals surface area (Å²) < 4.78 is 0. The summed E-state index contributed by atoms with van der Waals surface area (Å²) in [6.07, 6.45) is 2.27. The molecule has 0 saturated carbocycles. The summed E-state index contributed by atoms with van der Waals surface area (Å²) in [4.78, 5) is 35.1. The van der Waals surface area contributed by atoms with E-state index in [0.29, 0.717) is 10.6 Å². The zero-order valence-corrected chi connectivity index (χ0v) is 17.3. The molecule has 2 aromatic carbocycles. The fourth-order valence-corrected chi connectivity index (χ4v) is 3.32. The number of piperazine rings is 1. The van der Waals surface area contributed by atoms with Crippen LogP contribution in [0.5, 0.6) is 0 Å². The average Bonchev–Trinajstić information content (AvgIpc) is 2.75. The van der Waals surface area contributed by atoms with Crippen molar-refractivity contribution >= 4 is 29.4 Å². The van der Waals surface area contributed by atoms with Gasteiger partial charge in [0.2, 0.25) is 0 Å². The molecule has 0 radical (unpaired) electrons. The SMILES string of the molecule is O=C(O)C(=O)O.O=C(c1cccc(Cl)c1)N1CCN(CCCc2ccccc2)CC1. The number of carboxylic acid groups (broad SMARTS) is 2. The molecule has 0 atom stereocenters. The summed E-state index contributed by atoms with van der Waals surface area (Å²) >= 11 is 5.98. The quantitative estimate of drug-likeness (QED) is 0.705. The predicted molar refractivity (Wildman–Crippen MR) is 114 cm³/mol. The Morgan fingerprint density at radius 3 is 2.07 bits per heavy atom. The minimum Gasteiger partial charge on any atom is -0.473 e. The van der Waals surface area contributed by atoms with Crippen LogP contribution in [0.4, 0.5) is 0 Å². The van der Waals surface area contributed by atoms with Crippen molar-refractivity contribution < 1.29 is 24.6 Å². The van der Waals surface area contributed by atoms with Crippen LogP contribution in [0.3, 0.4) is 0 Å². The molecule has 7 nitrogen and oxygen atoms in total. The maximum atomic E-state index is 12.5. The number of aryl methyl sites for hydroxylation is 1. The first-order valence-corrected chi connectivity index (χ1v) is 10.0. The number of carbonyl (C=O) groups excluding carboxylic acids is 1. The van der Waals surface area contributed by atoms with Gasteiger partial charge in [-0.15, -0.1) is 0 Å². The first kappa shape index (κ1) is 23.4. The van der Waals surface area contributed by atoms with Crippen molar-refractivity contribution in [2.45, 2.75) is 12.8 Å². The lowest BCUT2D eigenvalue weighted by atomic mass is 10.1. The topological polar surface area (TPSA) is 98.1 Å². The summed E-state index contributed by atoms with van der Waals surface area (Å²) in [6.45, 7) is 4.56. The van der Waals surface area contributed by atoms with Crippen LogP contribution < -0.4 is 0 Å². The molecule has 1 saturated heterocycles. The van der Waals surface area contributed by atoms with Crippen LogP contribution in [0.25, 0.3) is 0 Å². The molecule has 1 fully saturated rings. The molecule has 0 bridgehead atoms. The zero-order valence-electron chi connectivity index (χ0n) is 16.5. The van der Waals surface area contributed by atoms with Crippen molar-refractivity contribution in [3.05, 3.63) is 70.7 Å².